The number of hydrogen-bond donors (Lipinski definition) is 0. The molecule has 120 valence electrons. The summed E-state index contributed by atoms with van der Waals surface area (Å²) in [7, 11) is 0. The number of amides is 1. The molecule has 2 rings (SSSR count). The topological polar surface area (TPSA) is 78.9 Å². The van der Waals surface area contributed by atoms with Crippen LogP contribution in [-0.4, -0.2) is 47.4 Å². The third kappa shape index (κ3) is 4.85. The zero-order valence-corrected chi connectivity index (χ0v) is 16.0. The van der Waals surface area contributed by atoms with Crippen LogP contribution in [0.5, 0.6) is 0 Å². The summed E-state index contributed by atoms with van der Waals surface area (Å²) in [6.45, 7) is 6.46. The van der Waals surface area contributed by atoms with Crippen molar-refractivity contribution in [3.8, 4) is 0 Å². The van der Waals surface area contributed by atoms with E-state index < -0.39 is 17.2 Å². The second-order valence-corrected chi connectivity index (χ2v) is 6.94. The minimum atomic E-state index is -1.14. The number of carboxylic acid groups (broad SMARTS) is 1. The maximum absolute atomic E-state index is 12.1. The summed E-state index contributed by atoms with van der Waals surface area (Å²) in [4.78, 5) is 24.9. The number of piperidine rings is 1. The van der Waals surface area contributed by atoms with E-state index in [9.17, 15) is 14.7 Å². The van der Waals surface area contributed by atoms with Crippen molar-refractivity contribution in [3.63, 3.8) is 0 Å². The van der Waals surface area contributed by atoms with Crippen LogP contribution in [0.15, 0.2) is 0 Å². The zero-order chi connectivity index (χ0) is 15.7. The molecule has 0 unspecified atom stereocenters. The molecule has 1 saturated heterocycles. The van der Waals surface area contributed by atoms with Crippen LogP contribution in [0.4, 0.5) is 4.79 Å². The fourth-order valence-electron chi connectivity index (χ4n) is 2.71. The Morgan fingerprint density at radius 3 is 2.32 bits per heavy atom. The molecular formula is C15H24NNaO5. The number of likely N-dealkylation sites (tertiary alicyclic amines) is 1. The zero-order valence-electron chi connectivity index (χ0n) is 14.0. The van der Waals surface area contributed by atoms with Gasteiger partial charge < -0.3 is 24.3 Å². The molecular weight excluding hydrogens is 297 g/mol. The smallest absolute Gasteiger partial charge is 0.547 e. The molecule has 1 heterocycles. The molecule has 7 heteroatoms. The molecule has 1 aliphatic heterocycles. The van der Waals surface area contributed by atoms with E-state index in [0.29, 0.717) is 25.9 Å². The fourth-order valence-corrected chi connectivity index (χ4v) is 2.71. The predicted octanol–water partition coefficient (Wildman–Crippen LogP) is -1.92. The van der Waals surface area contributed by atoms with Crippen molar-refractivity contribution >= 4 is 12.1 Å². The number of rotatable bonds is 3. The van der Waals surface area contributed by atoms with Crippen LogP contribution >= 0.6 is 0 Å². The van der Waals surface area contributed by atoms with Crippen molar-refractivity contribution in [3.05, 3.63) is 0 Å². The molecule has 1 saturated carbocycles. The largest absolute Gasteiger partial charge is 1.00 e. The van der Waals surface area contributed by atoms with Crippen LogP contribution < -0.4 is 34.7 Å². The van der Waals surface area contributed by atoms with Crippen LogP contribution in [0.2, 0.25) is 0 Å². The molecule has 6 nitrogen and oxygen atoms in total. The van der Waals surface area contributed by atoms with E-state index >= 15 is 0 Å². The average molecular weight is 321 g/mol. The van der Waals surface area contributed by atoms with Crippen molar-refractivity contribution in [1.82, 2.24) is 4.90 Å². The van der Waals surface area contributed by atoms with Crippen molar-refractivity contribution in [2.24, 2.45) is 0 Å². The van der Waals surface area contributed by atoms with E-state index in [0.717, 1.165) is 19.3 Å². The maximum atomic E-state index is 12.1. The number of aliphatic carboxylic acids is 1. The molecule has 2 fully saturated rings. The second-order valence-electron chi connectivity index (χ2n) is 6.94. The summed E-state index contributed by atoms with van der Waals surface area (Å²) >= 11 is 0. The van der Waals surface area contributed by atoms with Crippen LogP contribution in [0.3, 0.4) is 0 Å². The number of nitrogens with zero attached hydrogens (tertiary/aromatic N) is 1. The molecule has 0 spiro atoms. The van der Waals surface area contributed by atoms with Gasteiger partial charge in [0.1, 0.15) is 11.2 Å². The summed E-state index contributed by atoms with van der Waals surface area (Å²) < 4.78 is 11.1. The predicted molar refractivity (Wildman–Crippen MR) is 73.5 cm³/mol. The van der Waals surface area contributed by atoms with Crippen LogP contribution in [0.25, 0.3) is 0 Å². The number of ether oxygens (including phenoxy) is 2. The van der Waals surface area contributed by atoms with Crippen LogP contribution in [0.1, 0.15) is 52.9 Å². The van der Waals surface area contributed by atoms with E-state index in [4.69, 9.17) is 9.47 Å². The number of hydrogen-bond acceptors (Lipinski definition) is 5. The van der Waals surface area contributed by atoms with Gasteiger partial charge in [0.2, 0.25) is 0 Å². The van der Waals surface area contributed by atoms with Gasteiger partial charge in [-0.25, -0.2) is 4.79 Å². The minimum Gasteiger partial charge on any atom is -0.547 e. The van der Waals surface area contributed by atoms with Gasteiger partial charge in [0.05, 0.1) is 18.6 Å². The van der Waals surface area contributed by atoms with Gasteiger partial charge in [-0.3, -0.25) is 0 Å². The maximum Gasteiger partial charge on any atom is 1.00 e. The van der Waals surface area contributed by atoms with Gasteiger partial charge in [0, 0.05) is 6.54 Å². The van der Waals surface area contributed by atoms with Crippen molar-refractivity contribution in [2.75, 3.05) is 13.1 Å². The molecule has 1 amide bonds. The van der Waals surface area contributed by atoms with Gasteiger partial charge in [-0.05, 0) is 52.9 Å². The first-order valence-electron chi connectivity index (χ1n) is 7.59. The number of carbonyl (C=O) groups is 2. The van der Waals surface area contributed by atoms with Crippen LogP contribution in [-0.2, 0) is 14.3 Å². The third-order valence-electron chi connectivity index (χ3n) is 3.96. The third-order valence-corrected chi connectivity index (χ3v) is 3.96. The van der Waals surface area contributed by atoms with Crippen molar-refractivity contribution in [1.29, 1.82) is 0 Å². The van der Waals surface area contributed by atoms with Gasteiger partial charge in [-0.1, -0.05) is 0 Å². The van der Waals surface area contributed by atoms with E-state index in [1.54, 1.807) is 4.90 Å². The Morgan fingerprint density at radius 1 is 1.23 bits per heavy atom. The molecule has 1 atom stereocenters. The molecule has 0 aromatic carbocycles. The molecule has 1 aliphatic carbocycles. The van der Waals surface area contributed by atoms with E-state index in [1.165, 1.54) is 0 Å². The summed E-state index contributed by atoms with van der Waals surface area (Å²) in [6, 6.07) is 0. The molecule has 0 bridgehead atoms. The van der Waals surface area contributed by atoms with Gasteiger partial charge in [0.15, 0.2) is 0 Å². The van der Waals surface area contributed by atoms with E-state index in [-0.39, 0.29) is 41.8 Å². The summed E-state index contributed by atoms with van der Waals surface area (Å²) in [6.07, 6.45) is 2.75. The molecule has 0 aromatic heterocycles. The Kier molecular flexibility index (Phi) is 6.74. The second kappa shape index (κ2) is 7.51. The van der Waals surface area contributed by atoms with E-state index in [1.807, 2.05) is 20.8 Å². The first-order valence-corrected chi connectivity index (χ1v) is 7.59. The Bertz CT molecular complexity index is 417. The standard InChI is InChI=1S/C15H25NO5.Na/c1-14(2,3)21-13(19)16-9-4-6-11(10-16)20-15(12(17)18)7-5-8-15;/h11H,4-10H2,1-3H3,(H,17,18);/q;+1/p-1/t11-;/m1./s1. The van der Waals surface area contributed by atoms with Gasteiger partial charge in [0.25, 0.3) is 0 Å². The molecule has 22 heavy (non-hydrogen) atoms. The molecule has 0 N–H and O–H groups in total. The van der Waals surface area contributed by atoms with Gasteiger partial charge >= 0.3 is 35.7 Å². The first-order chi connectivity index (χ1) is 9.72. The minimum absolute atomic E-state index is 0. The summed E-state index contributed by atoms with van der Waals surface area (Å²) in [5.41, 5.74) is -1.67. The molecule has 2 aliphatic rings. The van der Waals surface area contributed by atoms with Crippen molar-refractivity contribution < 1.29 is 53.7 Å². The van der Waals surface area contributed by atoms with Gasteiger partial charge in [-0.2, -0.15) is 0 Å². The Morgan fingerprint density at radius 2 is 1.86 bits per heavy atom. The van der Waals surface area contributed by atoms with Crippen molar-refractivity contribution in [2.45, 2.75) is 70.2 Å². The fraction of sp³-hybridized carbons (Fsp3) is 0.867. The van der Waals surface area contributed by atoms with Gasteiger partial charge in [-0.15, -0.1) is 0 Å². The molecule has 0 radical (unpaired) electrons. The Balaban J connectivity index is 0.00000242. The van der Waals surface area contributed by atoms with Crippen LogP contribution in [0, 0.1) is 0 Å². The summed E-state index contributed by atoms with van der Waals surface area (Å²) in [5.74, 6) is -1.14. The Hall–Kier alpha value is -0.300. The number of carboxylic acids is 1. The number of carbonyl (C=O) groups excluding carboxylic acids is 2. The monoisotopic (exact) mass is 321 g/mol. The van der Waals surface area contributed by atoms with E-state index in [2.05, 4.69) is 0 Å². The Labute approximate surface area is 153 Å². The summed E-state index contributed by atoms with van der Waals surface area (Å²) in [5, 5.41) is 11.2. The SMILES string of the molecule is CC(C)(C)OC(=O)N1CCC[C@@H](OC2(C(=O)[O-])CCC2)C1.[Na+]. The quantitative estimate of drug-likeness (QED) is 0.566. The first kappa shape index (κ1) is 19.7. The normalized spacial score (nSPS) is 24.0. The molecule has 0 aromatic rings. The average Bonchev–Trinajstić information content (AvgIpc) is 2.31.